The summed E-state index contributed by atoms with van der Waals surface area (Å²) in [4.78, 5) is 24.7. The summed E-state index contributed by atoms with van der Waals surface area (Å²) in [6.45, 7) is 1.95. The molecule has 1 saturated heterocycles. The van der Waals surface area contributed by atoms with Crippen molar-refractivity contribution in [3.8, 4) is 0 Å². The molecule has 20 heavy (non-hydrogen) atoms. The molecular formula is C13H19N3O4. The van der Waals surface area contributed by atoms with Gasteiger partial charge in [-0.05, 0) is 12.5 Å². The van der Waals surface area contributed by atoms with Crippen LogP contribution in [-0.2, 0) is 20.9 Å². The molecular weight excluding hydrogens is 262 g/mol. The molecule has 2 rings (SSSR count). The van der Waals surface area contributed by atoms with E-state index >= 15 is 0 Å². The Morgan fingerprint density at radius 2 is 2.30 bits per heavy atom. The van der Waals surface area contributed by atoms with Crippen molar-refractivity contribution in [3.05, 3.63) is 18.5 Å². The van der Waals surface area contributed by atoms with Gasteiger partial charge in [-0.3, -0.25) is 14.3 Å². The standard InChI is InChI=1S/C13H19N3O4/c17-12(3-1-5-16-6-2-4-14-16)15-7-8-20-10-11(9-15)13(18)19/h2,4,6,11H,1,3,5,7-10H2,(H,18,19). The minimum absolute atomic E-state index is 0.0195. The van der Waals surface area contributed by atoms with Crippen LogP contribution in [0.1, 0.15) is 12.8 Å². The Morgan fingerprint density at radius 3 is 3.00 bits per heavy atom. The van der Waals surface area contributed by atoms with E-state index < -0.39 is 11.9 Å². The first-order valence-electron chi connectivity index (χ1n) is 6.72. The molecule has 0 spiro atoms. The van der Waals surface area contributed by atoms with Gasteiger partial charge in [0.15, 0.2) is 0 Å². The summed E-state index contributed by atoms with van der Waals surface area (Å²) < 4.78 is 7.00. The number of rotatable bonds is 5. The number of nitrogens with zero attached hydrogens (tertiary/aromatic N) is 3. The minimum Gasteiger partial charge on any atom is -0.481 e. The van der Waals surface area contributed by atoms with Gasteiger partial charge in [-0.1, -0.05) is 0 Å². The summed E-state index contributed by atoms with van der Waals surface area (Å²) in [6, 6.07) is 1.84. The highest BCUT2D eigenvalue weighted by molar-refractivity contribution is 5.77. The summed E-state index contributed by atoms with van der Waals surface area (Å²) in [7, 11) is 0. The molecule has 7 nitrogen and oxygen atoms in total. The van der Waals surface area contributed by atoms with Gasteiger partial charge in [0, 0.05) is 38.4 Å². The van der Waals surface area contributed by atoms with Crippen LogP contribution < -0.4 is 0 Å². The summed E-state index contributed by atoms with van der Waals surface area (Å²) >= 11 is 0. The third kappa shape index (κ3) is 4.06. The molecule has 1 aliphatic rings. The second-order valence-corrected chi connectivity index (χ2v) is 4.82. The van der Waals surface area contributed by atoms with E-state index in [-0.39, 0.29) is 19.1 Å². The predicted molar refractivity (Wildman–Crippen MR) is 70.0 cm³/mol. The quantitative estimate of drug-likeness (QED) is 0.834. The van der Waals surface area contributed by atoms with Gasteiger partial charge in [0.1, 0.15) is 0 Å². The van der Waals surface area contributed by atoms with Crippen LogP contribution >= 0.6 is 0 Å². The summed E-state index contributed by atoms with van der Waals surface area (Å²) in [5.74, 6) is -1.57. The first-order valence-corrected chi connectivity index (χ1v) is 6.72. The largest absolute Gasteiger partial charge is 0.481 e. The number of carboxylic acids is 1. The molecule has 0 aliphatic carbocycles. The molecule has 0 saturated carbocycles. The van der Waals surface area contributed by atoms with Crippen LogP contribution in [0.15, 0.2) is 18.5 Å². The number of ether oxygens (including phenoxy) is 1. The number of carbonyl (C=O) groups excluding carboxylic acids is 1. The third-order valence-electron chi connectivity index (χ3n) is 3.30. The number of carboxylic acid groups (broad SMARTS) is 1. The monoisotopic (exact) mass is 281 g/mol. The Morgan fingerprint density at radius 1 is 1.45 bits per heavy atom. The Hall–Kier alpha value is -1.89. The van der Waals surface area contributed by atoms with Crippen molar-refractivity contribution in [1.82, 2.24) is 14.7 Å². The third-order valence-corrected chi connectivity index (χ3v) is 3.30. The lowest BCUT2D eigenvalue weighted by molar-refractivity contribution is -0.144. The molecule has 0 radical (unpaired) electrons. The molecule has 1 aromatic rings. The van der Waals surface area contributed by atoms with E-state index in [4.69, 9.17) is 9.84 Å². The molecule has 1 fully saturated rings. The maximum Gasteiger partial charge on any atom is 0.310 e. The summed E-state index contributed by atoms with van der Waals surface area (Å²) in [6.07, 6.45) is 4.64. The zero-order chi connectivity index (χ0) is 14.4. The second-order valence-electron chi connectivity index (χ2n) is 4.82. The summed E-state index contributed by atoms with van der Waals surface area (Å²) in [5.41, 5.74) is 0. The highest BCUT2D eigenvalue weighted by Gasteiger charge is 2.26. The van der Waals surface area contributed by atoms with E-state index in [1.807, 2.05) is 12.3 Å². The predicted octanol–water partition coefficient (Wildman–Crippen LogP) is 0.223. The van der Waals surface area contributed by atoms with Gasteiger partial charge in [-0.25, -0.2) is 0 Å². The zero-order valence-corrected chi connectivity index (χ0v) is 11.3. The molecule has 1 atom stereocenters. The fraction of sp³-hybridized carbons (Fsp3) is 0.615. The zero-order valence-electron chi connectivity index (χ0n) is 11.3. The van der Waals surface area contributed by atoms with Crippen LogP contribution in [0.25, 0.3) is 0 Å². The van der Waals surface area contributed by atoms with Gasteiger partial charge in [0.2, 0.25) is 5.91 Å². The number of aryl methyl sites for hydroxylation is 1. The van der Waals surface area contributed by atoms with Gasteiger partial charge >= 0.3 is 5.97 Å². The summed E-state index contributed by atoms with van der Waals surface area (Å²) in [5, 5.41) is 13.1. The van der Waals surface area contributed by atoms with Crippen LogP contribution in [0.5, 0.6) is 0 Å². The molecule has 1 unspecified atom stereocenters. The number of aromatic nitrogens is 2. The number of carbonyl (C=O) groups is 2. The smallest absolute Gasteiger partial charge is 0.310 e. The first kappa shape index (κ1) is 14.5. The molecule has 1 aliphatic heterocycles. The van der Waals surface area contributed by atoms with Crippen molar-refractivity contribution >= 4 is 11.9 Å². The Balaban J connectivity index is 1.79. The Bertz CT molecular complexity index is 446. The average molecular weight is 281 g/mol. The van der Waals surface area contributed by atoms with Crippen LogP contribution in [-0.4, -0.2) is 58.0 Å². The van der Waals surface area contributed by atoms with Crippen molar-refractivity contribution in [1.29, 1.82) is 0 Å². The van der Waals surface area contributed by atoms with Crippen molar-refractivity contribution < 1.29 is 19.4 Å². The number of hydrogen-bond acceptors (Lipinski definition) is 4. The maximum absolute atomic E-state index is 12.1. The van der Waals surface area contributed by atoms with Crippen LogP contribution in [0.3, 0.4) is 0 Å². The highest BCUT2D eigenvalue weighted by Crippen LogP contribution is 2.10. The van der Waals surface area contributed by atoms with E-state index in [9.17, 15) is 9.59 Å². The van der Waals surface area contributed by atoms with E-state index in [0.717, 1.165) is 0 Å². The molecule has 1 N–H and O–H groups in total. The van der Waals surface area contributed by atoms with Crippen LogP contribution in [0, 0.1) is 5.92 Å². The molecule has 2 heterocycles. The van der Waals surface area contributed by atoms with Crippen LogP contribution in [0.2, 0.25) is 0 Å². The molecule has 1 aromatic heterocycles. The normalized spacial score (nSPS) is 19.6. The second kappa shape index (κ2) is 7.04. The van der Waals surface area contributed by atoms with Gasteiger partial charge in [-0.2, -0.15) is 5.10 Å². The van der Waals surface area contributed by atoms with Gasteiger partial charge < -0.3 is 14.7 Å². The minimum atomic E-state index is -0.916. The Kier molecular flexibility index (Phi) is 5.11. The van der Waals surface area contributed by atoms with Crippen molar-refractivity contribution in [2.75, 3.05) is 26.3 Å². The molecule has 110 valence electrons. The van der Waals surface area contributed by atoms with Gasteiger partial charge in [0.05, 0.1) is 19.1 Å². The van der Waals surface area contributed by atoms with E-state index in [1.54, 1.807) is 15.8 Å². The number of aliphatic carboxylic acids is 1. The Labute approximate surface area is 117 Å². The molecule has 1 amide bonds. The average Bonchev–Trinajstić information content (AvgIpc) is 2.80. The van der Waals surface area contributed by atoms with Gasteiger partial charge in [0.25, 0.3) is 0 Å². The van der Waals surface area contributed by atoms with E-state index in [2.05, 4.69) is 5.10 Å². The SMILES string of the molecule is O=C(O)C1COCCN(C(=O)CCCn2cccn2)C1. The van der Waals surface area contributed by atoms with E-state index in [1.165, 1.54) is 0 Å². The number of amides is 1. The van der Waals surface area contributed by atoms with Crippen molar-refractivity contribution in [2.24, 2.45) is 5.92 Å². The molecule has 7 heteroatoms. The van der Waals surface area contributed by atoms with Crippen LogP contribution in [0.4, 0.5) is 0 Å². The fourth-order valence-corrected chi connectivity index (χ4v) is 2.17. The molecule has 0 aromatic carbocycles. The highest BCUT2D eigenvalue weighted by atomic mass is 16.5. The number of hydrogen-bond donors (Lipinski definition) is 1. The van der Waals surface area contributed by atoms with Crippen molar-refractivity contribution in [2.45, 2.75) is 19.4 Å². The lowest BCUT2D eigenvalue weighted by atomic mass is 10.1. The molecule has 0 bridgehead atoms. The fourth-order valence-electron chi connectivity index (χ4n) is 2.17. The first-order chi connectivity index (χ1) is 9.66. The topological polar surface area (TPSA) is 84.7 Å². The maximum atomic E-state index is 12.1. The van der Waals surface area contributed by atoms with Crippen molar-refractivity contribution in [3.63, 3.8) is 0 Å². The lowest BCUT2D eigenvalue weighted by Gasteiger charge is -2.21. The lowest BCUT2D eigenvalue weighted by Crippen LogP contribution is -2.38. The van der Waals surface area contributed by atoms with E-state index in [0.29, 0.717) is 32.5 Å². The van der Waals surface area contributed by atoms with Gasteiger partial charge in [-0.15, -0.1) is 0 Å².